The molecule has 24 heavy (non-hydrogen) atoms. The van der Waals surface area contributed by atoms with Gasteiger partial charge in [-0.15, -0.1) is 0 Å². The van der Waals surface area contributed by atoms with Crippen LogP contribution in [0, 0.1) is 23.5 Å². The number of hydrogen-bond acceptors (Lipinski definition) is 2. The van der Waals surface area contributed by atoms with Crippen molar-refractivity contribution in [1.82, 2.24) is 0 Å². The van der Waals surface area contributed by atoms with Crippen molar-refractivity contribution in [2.24, 2.45) is 11.8 Å². The van der Waals surface area contributed by atoms with Crippen LogP contribution in [0.25, 0.3) is 0 Å². The van der Waals surface area contributed by atoms with E-state index in [2.05, 4.69) is 0 Å². The first kappa shape index (κ1) is 16.5. The summed E-state index contributed by atoms with van der Waals surface area (Å²) in [5.41, 5.74) is 0.573. The van der Waals surface area contributed by atoms with Gasteiger partial charge in [-0.25, -0.2) is 8.78 Å². The van der Waals surface area contributed by atoms with Crippen LogP contribution < -0.4 is 0 Å². The number of rotatable bonds is 2. The summed E-state index contributed by atoms with van der Waals surface area (Å²) >= 11 is 0. The van der Waals surface area contributed by atoms with Gasteiger partial charge in [-0.2, -0.15) is 0 Å². The lowest BCUT2D eigenvalue weighted by Crippen LogP contribution is -2.37. The highest BCUT2D eigenvalue weighted by Gasteiger charge is 2.42. The molecule has 4 heteroatoms. The largest absolute Gasteiger partial charge is 0.348 e. The van der Waals surface area contributed by atoms with Gasteiger partial charge in [0.1, 0.15) is 0 Å². The van der Waals surface area contributed by atoms with E-state index in [1.54, 1.807) is 12.1 Å². The lowest BCUT2D eigenvalue weighted by molar-refractivity contribution is -0.185. The van der Waals surface area contributed by atoms with Crippen molar-refractivity contribution in [2.45, 2.75) is 63.1 Å². The Hall–Kier alpha value is -1.00. The van der Waals surface area contributed by atoms with Crippen LogP contribution in [0.3, 0.4) is 0 Å². The number of hydrogen-bond donors (Lipinski definition) is 0. The van der Waals surface area contributed by atoms with Gasteiger partial charge < -0.3 is 9.47 Å². The SMILES string of the molecule is Fc1cccc(C2CCC(C3CCC4(CC3)OCCO4)CC2)c1F. The molecule has 1 aliphatic heterocycles. The predicted molar refractivity (Wildman–Crippen MR) is 87.7 cm³/mol. The first-order chi connectivity index (χ1) is 11.7. The second-order valence-electron chi connectivity index (χ2n) is 7.70. The smallest absolute Gasteiger partial charge is 0.168 e. The lowest BCUT2D eigenvalue weighted by Gasteiger charge is -2.41. The Bertz CT molecular complexity index is 565. The van der Waals surface area contributed by atoms with Gasteiger partial charge in [0, 0.05) is 12.8 Å². The van der Waals surface area contributed by atoms with Crippen molar-refractivity contribution in [2.75, 3.05) is 13.2 Å². The van der Waals surface area contributed by atoms with Gasteiger partial charge in [-0.1, -0.05) is 12.1 Å². The molecular weight excluding hydrogens is 310 g/mol. The molecule has 0 N–H and O–H groups in total. The molecule has 1 spiro atoms. The molecule has 0 amide bonds. The van der Waals surface area contributed by atoms with Crippen molar-refractivity contribution in [3.8, 4) is 0 Å². The van der Waals surface area contributed by atoms with E-state index >= 15 is 0 Å². The van der Waals surface area contributed by atoms with E-state index in [9.17, 15) is 8.78 Å². The van der Waals surface area contributed by atoms with Crippen LogP contribution in [-0.2, 0) is 9.47 Å². The van der Waals surface area contributed by atoms with Crippen molar-refractivity contribution in [3.05, 3.63) is 35.4 Å². The minimum atomic E-state index is -0.719. The van der Waals surface area contributed by atoms with Crippen LogP contribution in [0.15, 0.2) is 18.2 Å². The van der Waals surface area contributed by atoms with E-state index in [0.717, 1.165) is 63.6 Å². The van der Waals surface area contributed by atoms with Crippen LogP contribution in [0.5, 0.6) is 0 Å². The van der Waals surface area contributed by atoms with E-state index in [4.69, 9.17) is 9.47 Å². The van der Waals surface area contributed by atoms with Crippen LogP contribution in [0.4, 0.5) is 8.78 Å². The average Bonchev–Trinajstić information content (AvgIpc) is 3.06. The Kier molecular flexibility index (Phi) is 4.61. The molecule has 0 radical (unpaired) electrons. The minimum Gasteiger partial charge on any atom is -0.348 e. The van der Waals surface area contributed by atoms with Crippen LogP contribution in [-0.4, -0.2) is 19.0 Å². The maximum atomic E-state index is 14.0. The van der Waals surface area contributed by atoms with Crippen molar-refractivity contribution < 1.29 is 18.3 Å². The number of benzene rings is 1. The van der Waals surface area contributed by atoms with Crippen molar-refractivity contribution >= 4 is 0 Å². The molecule has 0 unspecified atom stereocenters. The van der Waals surface area contributed by atoms with Gasteiger partial charge in [-0.3, -0.25) is 0 Å². The molecule has 2 nitrogen and oxygen atoms in total. The molecule has 0 atom stereocenters. The molecule has 2 saturated carbocycles. The van der Waals surface area contributed by atoms with Gasteiger partial charge >= 0.3 is 0 Å². The van der Waals surface area contributed by atoms with Crippen LogP contribution in [0.2, 0.25) is 0 Å². The Morgan fingerprint density at radius 3 is 2.12 bits per heavy atom. The molecule has 1 saturated heterocycles. The monoisotopic (exact) mass is 336 g/mol. The Labute approximate surface area is 142 Å². The fourth-order valence-electron chi connectivity index (χ4n) is 5.07. The Morgan fingerprint density at radius 1 is 0.833 bits per heavy atom. The van der Waals surface area contributed by atoms with Gasteiger partial charge in [0.15, 0.2) is 17.4 Å². The zero-order chi connectivity index (χ0) is 16.6. The number of ether oxygens (including phenoxy) is 2. The maximum absolute atomic E-state index is 14.0. The Balaban J connectivity index is 1.33. The molecule has 4 rings (SSSR count). The van der Waals surface area contributed by atoms with E-state index in [0.29, 0.717) is 5.56 Å². The van der Waals surface area contributed by atoms with E-state index < -0.39 is 11.6 Å². The van der Waals surface area contributed by atoms with Crippen LogP contribution >= 0.6 is 0 Å². The topological polar surface area (TPSA) is 18.5 Å². The van der Waals surface area contributed by atoms with E-state index in [-0.39, 0.29) is 11.7 Å². The molecule has 1 heterocycles. The summed E-state index contributed by atoms with van der Waals surface area (Å²) in [5, 5.41) is 0. The van der Waals surface area contributed by atoms with E-state index in [1.807, 2.05) is 0 Å². The van der Waals surface area contributed by atoms with Crippen molar-refractivity contribution in [3.63, 3.8) is 0 Å². The third kappa shape index (κ3) is 3.11. The van der Waals surface area contributed by atoms with E-state index in [1.165, 1.54) is 18.9 Å². The summed E-state index contributed by atoms with van der Waals surface area (Å²) in [7, 11) is 0. The fraction of sp³-hybridized carbons (Fsp3) is 0.700. The van der Waals surface area contributed by atoms with Gasteiger partial charge in [-0.05, 0) is 67.9 Å². The molecular formula is C20H26F2O2. The molecule has 132 valence electrons. The van der Waals surface area contributed by atoms with Gasteiger partial charge in [0.25, 0.3) is 0 Å². The second-order valence-corrected chi connectivity index (χ2v) is 7.70. The molecule has 2 aliphatic carbocycles. The highest BCUT2D eigenvalue weighted by Crippen LogP contribution is 2.46. The lowest BCUT2D eigenvalue weighted by atomic mass is 9.69. The highest BCUT2D eigenvalue weighted by molar-refractivity contribution is 5.23. The normalized spacial score (nSPS) is 30.8. The number of halogens is 2. The Morgan fingerprint density at radius 2 is 1.46 bits per heavy atom. The summed E-state index contributed by atoms with van der Waals surface area (Å²) in [5.74, 6) is -0.00938. The van der Waals surface area contributed by atoms with Gasteiger partial charge in [0.05, 0.1) is 13.2 Å². The minimum absolute atomic E-state index is 0.174. The predicted octanol–water partition coefficient (Wildman–Crippen LogP) is 5.17. The zero-order valence-electron chi connectivity index (χ0n) is 14.1. The quantitative estimate of drug-likeness (QED) is 0.741. The van der Waals surface area contributed by atoms with Crippen LogP contribution in [0.1, 0.15) is 62.8 Å². The summed E-state index contributed by atoms with van der Waals surface area (Å²) in [4.78, 5) is 0. The molecule has 0 aromatic heterocycles. The molecule has 3 aliphatic rings. The maximum Gasteiger partial charge on any atom is 0.168 e. The first-order valence-electron chi connectivity index (χ1n) is 9.39. The molecule has 3 fully saturated rings. The van der Waals surface area contributed by atoms with Crippen molar-refractivity contribution in [1.29, 1.82) is 0 Å². The highest BCUT2D eigenvalue weighted by atomic mass is 19.2. The second kappa shape index (κ2) is 6.72. The fourth-order valence-corrected chi connectivity index (χ4v) is 5.07. The molecule has 0 bridgehead atoms. The first-order valence-corrected chi connectivity index (χ1v) is 9.39. The summed E-state index contributed by atoms with van der Waals surface area (Å²) in [6.45, 7) is 1.46. The molecule has 1 aromatic carbocycles. The summed E-state index contributed by atoms with van der Waals surface area (Å²) in [6, 6.07) is 4.58. The summed E-state index contributed by atoms with van der Waals surface area (Å²) in [6.07, 6.45) is 8.55. The average molecular weight is 336 g/mol. The standard InChI is InChI=1S/C20H26F2O2/c21-18-3-1-2-17(19(18)22)16-6-4-14(5-7-16)15-8-10-20(11-9-15)23-12-13-24-20/h1-3,14-16H,4-13H2. The zero-order valence-corrected chi connectivity index (χ0v) is 14.1. The van der Waals surface area contributed by atoms with Gasteiger partial charge in [0.2, 0.25) is 0 Å². The summed E-state index contributed by atoms with van der Waals surface area (Å²) < 4.78 is 39.1. The third-order valence-electron chi connectivity index (χ3n) is 6.47. The molecule has 1 aromatic rings. The third-order valence-corrected chi connectivity index (χ3v) is 6.47.